The van der Waals surface area contributed by atoms with Crippen molar-refractivity contribution in [3.8, 4) is 5.75 Å². The van der Waals surface area contributed by atoms with Crippen LogP contribution in [0.1, 0.15) is 18.5 Å². The largest absolute Gasteiger partial charge is 0.496 e. The summed E-state index contributed by atoms with van der Waals surface area (Å²) in [7, 11) is -2.40. The van der Waals surface area contributed by atoms with E-state index in [2.05, 4.69) is 0 Å². The zero-order valence-corrected chi connectivity index (χ0v) is 15.9. The molecule has 0 spiro atoms. The Kier molecular flexibility index (Phi) is 5.46. The van der Waals surface area contributed by atoms with Crippen molar-refractivity contribution in [1.29, 1.82) is 0 Å². The molecule has 6 heteroatoms. The number of nitrogens with zero attached hydrogens (tertiary/aromatic N) is 1. The molecular formula is C21H20FNO3S. The molecule has 0 aliphatic carbocycles. The van der Waals surface area contributed by atoms with E-state index in [1.54, 1.807) is 43.3 Å². The number of benzene rings is 3. The Balaban J connectivity index is 2.19. The summed E-state index contributed by atoms with van der Waals surface area (Å²) in [6, 6.07) is 20.3. The van der Waals surface area contributed by atoms with Crippen molar-refractivity contribution in [3.05, 3.63) is 90.2 Å². The van der Waals surface area contributed by atoms with Gasteiger partial charge in [-0.25, -0.2) is 12.8 Å². The van der Waals surface area contributed by atoms with E-state index in [1.165, 1.54) is 41.7 Å². The van der Waals surface area contributed by atoms with Gasteiger partial charge < -0.3 is 4.74 Å². The van der Waals surface area contributed by atoms with Crippen LogP contribution in [0.4, 0.5) is 10.1 Å². The first kappa shape index (κ1) is 18.9. The van der Waals surface area contributed by atoms with E-state index in [4.69, 9.17) is 4.74 Å². The molecule has 3 aromatic rings. The van der Waals surface area contributed by atoms with E-state index >= 15 is 0 Å². The second-order valence-corrected chi connectivity index (χ2v) is 7.83. The lowest BCUT2D eigenvalue weighted by Crippen LogP contribution is -2.34. The van der Waals surface area contributed by atoms with Gasteiger partial charge in [-0.05, 0) is 43.3 Å². The van der Waals surface area contributed by atoms with Crippen LogP contribution < -0.4 is 9.04 Å². The van der Waals surface area contributed by atoms with E-state index in [-0.39, 0.29) is 10.6 Å². The molecule has 0 aliphatic heterocycles. The van der Waals surface area contributed by atoms with E-state index in [1.807, 2.05) is 12.1 Å². The molecule has 0 unspecified atom stereocenters. The van der Waals surface area contributed by atoms with Crippen molar-refractivity contribution in [2.24, 2.45) is 0 Å². The minimum absolute atomic E-state index is 0.135. The fourth-order valence-electron chi connectivity index (χ4n) is 3.03. The molecule has 3 rings (SSSR count). The van der Waals surface area contributed by atoms with Gasteiger partial charge in [-0.3, -0.25) is 4.31 Å². The highest BCUT2D eigenvalue weighted by molar-refractivity contribution is 7.92. The van der Waals surface area contributed by atoms with E-state index in [9.17, 15) is 12.8 Å². The number of halogens is 1. The highest BCUT2D eigenvalue weighted by Gasteiger charge is 2.31. The Bertz CT molecular complexity index is 1020. The molecule has 0 aliphatic rings. The summed E-state index contributed by atoms with van der Waals surface area (Å²) in [6.07, 6.45) is 0. The molecule has 0 saturated heterocycles. The molecule has 0 saturated carbocycles. The van der Waals surface area contributed by atoms with Crippen molar-refractivity contribution in [1.82, 2.24) is 0 Å². The van der Waals surface area contributed by atoms with Crippen molar-refractivity contribution < 1.29 is 17.5 Å². The second kappa shape index (κ2) is 7.80. The number of ether oxygens (including phenoxy) is 1. The smallest absolute Gasteiger partial charge is 0.264 e. The van der Waals surface area contributed by atoms with Crippen LogP contribution in [0.15, 0.2) is 83.8 Å². The minimum atomic E-state index is -3.93. The van der Waals surface area contributed by atoms with Crippen LogP contribution in [-0.4, -0.2) is 15.5 Å². The summed E-state index contributed by atoms with van der Waals surface area (Å²) < 4.78 is 47.4. The average molecular weight is 385 g/mol. The van der Waals surface area contributed by atoms with Crippen LogP contribution in [0.3, 0.4) is 0 Å². The van der Waals surface area contributed by atoms with Gasteiger partial charge >= 0.3 is 0 Å². The maximum Gasteiger partial charge on any atom is 0.264 e. The second-order valence-electron chi connectivity index (χ2n) is 6.01. The highest BCUT2D eigenvalue weighted by atomic mass is 32.2. The van der Waals surface area contributed by atoms with E-state index in [0.29, 0.717) is 11.3 Å². The predicted octanol–water partition coefficient (Wildman–Crippen LogP) is 4.79. The van der Waals surface area contributed by atoms with Gasteiger partial charge in [-0.15, -0.1) is 0 Å². The number of para-hydroxylation sites is 1. The Morgan fingerprint density at radius 1 is 0.926 bits per heavy atom. The molecule has 0 aromatic heterocycles. The zero-order chi connectivity index (χ0) is 19.4. The number of sulfonamides is 1. The van der Waals surface area contributed by atoms with E-state index in [0.717, 1.165) is 0 Å². The normalized spacial score (nSPS) is 12.4. The van der Waals surface area contributed by atoms with Crippen molar-refractivity contribution in [2.45, 2.75) is 17.9 Å². The van der Waals surface area contributed by atoms with Gasteiger partial charge in [-0.2, -0.15) is 0 Å². The number of methoxy groups -OCH3 is 1. The summed E-state index contributed by atoms with van der Waals surface area (Å²) in [5, 5.41) is 0. The maximum absolute atomic E-state index is 13.9. The van der Waals surface area contributed by atoms with Crippen LogP contribution in [0.25, 0.3) is 0 Å². The summed E-state index contributed by atoms with van der Waals surface area (Å²) in [5.41, 5.74) is 0.932. The molecule has 27 heavy (non-hydrogen) atoms. The summed E-state index contributed by atoms with van der Waals surface area (Å²) in [6.45, 7) is 1.75. The van der Waals surface area contributed by atoms with Gasteiger partial charge in [-0.1, -0.05) is 42.5 Å². The first-order valence-electron chi connectivity index (χ1n) is 8.43. The van der Waals surface area contributed by atoms with Gasteiger partial charge in [0.25, 0.3) is 10.0 Å². The predicted molar refractivity (Wildman–Crippen MR) is 104 cm³/mol. The fourth-order valence-corrected chi connectivity index (χ4v) is 4.68. The molecule has 0 fully saturated rings. The molecule has 0 bridgehead atoms. The molecule has 140 valence electrons. The standard InChI is InChI=1S/C21H20FNO3S/c1-16(20-13-6-7-14-21(20)26-2)23(18-10-8-9-17(22)15-18)27(24,25)19-11-4-3-5-12-19/h3-16H,1-2H3/t16-/m0/s1. The van der Waals surface area contributed by atoms with Crippen molar-refractivity contribution >= 4 is 15.7 Å². The average Bonchev–Trinajstić information content (AvgIpc) is 2.68. The van der Waals surface area contributed by atoms with Gasteiger partial charge in [0.05, 0.1) is 23.7 Å². The van der Waals surface area contributed by atoms with Crippen LogP contribution in [0.5, 0.6) is 5.75 Å². The van der Waals surface area contributed by atoms with Crippen LogP contribution in [0.2, 0.25) is 0 Å². The monoisotopic (exact) mass is 385 g/mol. The number of hydrogen-bond donors (Lipinski definition) is 0. The zero-order valence-electron chi connectivity index (χ0n) is 15.0. The Hall–Kier alpha value is -2.86. The minimum Gasteiger partial charge on any atom is -0.496 e. The fraction of sp³-hybridized carbons (Fsp3) is 0.143. The molecule has 0 N–H and O–H groups in total. The third kappa shape index (κ3) is 3.80. The highest BCUT2D eigenvalue weighted by Crippen LogP contribution is 2.36. The Morgan fingerprint density at radius 2 is 1.59 bits per heavy atom. The summed E-state index contributed by atoms with van der Waals surface area (Å²) in [5.74, 6) is 0.0580. The van der Waals surface area contributed by atoms with Crippen LogP contribution in [-0.2, 0) is 10.0 Å². The van der Waals surface area contributed by atoms with E-state index < -0.39 is 21.9 Å². The van der Waals surface area contributed by atoms with Gasteiger partial charge in [0.2, 0.25) is 0 Å². The third-order valence-electron chi connectivity index (χ3n) is 4.30. The maximum atomic E-state index is 13.9. The molecule has 0 amide bonds. The first-order chi connectivity index (χ1) is 12.9. The third-order valence-corrected chi connectivity index (χ3v) is 6.22. The molecule has 1 atom stereocenters. The van der Waals surface area contributed by atoms with Crippen LogP contribution >= 0.6 is 0 Å². The molecule has 0 radical (unpaired) electrons. The number of hydrogen-bond acceptors (Lipinski definition) is 3. The summed E-state index contributed by atoms with van der Waals surface area (Å²) >= 11 is 0. The van der Waals surface area contributed by atoms with Crippen molar-refractivity contribution in [2.75, 3.05) is 11.4 Å². The quantitative estimate of drug-likeness (QED) is 0.613. The first-order valence-corrected chi connectivity index (χ1v) is 9.87. The molecule has 4 nitrogen and oxygen atoms in total. The lowest BCUT2D eigenvalue weighted by atomic mass is 10.1. The number of rotatable bonds is 6. The lowest BCUT2D eigenvalue weighted by molar-refractivity contribution is 0.407. The van der Waals surface area contributed by atoms with Gasteiger partial charge in [0.1, 0.15) is 11.6 Å². The van der Waals surface area contributed by atoms with Crippen LogP contribution in [0, 0.1) is 5.82 Å². The SMILES string of the molecule is COc1ccccc1[C@H](C)N(c1cccc(F)c1)S(=O)(=O)c1ccccc1. The Labute approximate surface area is 158 Å². The summed E-state index contributed by atoms with van der Waals surface area (Å²) in [4.78, 5) is 0.135. The Morgan fingerprint density at radius 3 is 2.26 bits per heavy atom. The topological polar surface area (TPSA) is 46.6 Å². The lowest BCUT2D eigenvalue weighted by Gasteiger charge is -2.31. The molecular weight excluding hydrogens is 365 g/mol. The van der Waals surface area contributed by atoms with Gasteiger partial charge in [0.15, 0.2) is 0 Å². The molecule has 0 heterocycles. The molecule has 3 aromatic carbocycles. The number of anilines is 1. The van der Waals surface area contributed by atoms with Gasteiger partial charge in [0, 0.05) is 5.56 Å². The van der Waals surface area contributed by atoms with Crippen molar-refractivity contribution in [3.63, 3.8) is 0 Å².